The molecule has 4 rings (SSSR count). The topological polar surface area (TPSA) is 65.5 Å². The van der Waals surface area contributed by atoms with Crippen LogP contribution in [0.5, 0.6) is 0 Å². The van der Waals surface area contributed by atoms with Crippen LogP contribution in [0.2, 0.25) is 0 Å². The lowest BCUT2D eigenvalue weighted by molar-refractivity contribution is -0.120. The summed E-state index contributed by atoms with van der Waals surface area (Å²) in [5.74, 6) is 1.01. The maximum atomic E-state index is 12.7. The van der Waals surface area contributed by atoms with Crippen LogP contribution in [-0.2, 0) is 4.79 Å². The predicted octanol–water partition coefficient (Wildman–Crippen LogP) is 3.79. The van der Waals surface area contributed by atoms with E-state index >= 15 is 0 Å². The Morgan fingerprint density at radius 3 is 2.43 bits per heavy atom. The monoisotopic (exact) mass is 406 g/mol. The third kappa shape index (κ3) is 4.48. The summed E-state index contributed by atoms with van der Waals surface area (Å²) in [6.07, 6.45) is 5.45. The molecule has 2 saturated heterocycles. The van der Waals surface area contributed by atoms with E-state index in [9.17, 15) is 9.59 Å². The Morgan fingerprint density at radius 1 is 1.00 bits per heavy atom. The van der Waals surface area contributed by atoms with Gasteiger partial charge >= 0.3 is 0 Å². The first-order chi connectivity index (χ1) is 14.5. The molecule has 0 aliphatic carbocycles. The van der Waals surface area contributed by atoms with Gasteiger partial charge in [-0.05, 0) is 63.3 Å². The summed E-state index contributed by atoms with van der Waals surface area (Å²) in [7, 11) is 0. The van der Waals surface area contributed by atoms with E-state index in [2.05, 4.69) is 28.2 Å². The number of hydrogen-bond donors (Lipinski definition) is 1. The number of hydrogen-bond acceptors (Lipinski definition) is 4. The van der Waals surface area contributed by atoms with Gasteiger partial charge in [0, 0.05) is 49.5 Å². The summed E-state index contributed by atoms with van der Waals surface area (Å²) in [5, 5.41) is 3.09. The van der Waals surface area contributed by atoms with Gasteiger partial charge in [0.15, 0.2) is 0 Å². The van der Waals surface area contributed by atoms with Gasteiger partial charge in [-0.3, -0.25) is 9.59 Å². The number of likely N-dealkylation sites (tertiary alicyclic amines) is 1. The number of aryl methyl sites for hydroxylation is 2. The zero-order valence-electron chi connectivity index (χ0n) is 17.9. The molecule has 158 valence electrons. The summed E-state index contributed by atoms with van der Waals surface area (Å²) in [6, 6.07) is 9.78. The van der Waals surface area contributed by atoms with Gasteiger partial charge in [0.1, 0.15) is 5.82 Å². The molecule has 2 aliphatic heterocycles. The number of carbonyl (C=O) groups excluding carboxylic acids is 2. The number of piperidine rings is 1. The fourth-order valence-corrected chi connectivity index (χ4v) is 4.39. The van der Waals surface area contributed by atoms with Crippen molar-refractivity contribution in [3.8, 4) is 0 Å². The third-order valence-corrected chi connectivity index (χ3v) is 6.22. The van der Waals surface area contributed by atoms with Gasteiger partial charge < -0.3 is 15.1 Å². The molecular weight excluding hydrogens is 376 g/mol. The van der Waals surface area contributed by atoms with Crippen LogP contribution in [0.1, 0.15) is 47.2 Å². The lowest BCUT2D eigenvalue weighted by Crippen LogP contribution is -2.38. The smallest absolute Gasteiger partial charge is 0.254 e. The van der Waals surface area contributed by atoms with E-state index in [0.717, 1.165) is 68.9 Å². The van der Waals surface area contributed by atoms with Gasteiger partial charge in [-0.15, -0.1) is 0 Å². The molecule has 2 aromatic rings. The first kappa shape index (κ1) is 20.4. The highest BCUT2D eigenvalue weighted by atomic mass is 16.2. The molecule has 6 nitrogen and oxygen atoms in total. The molecule has 0 saturated carbocycles. The van der Waals surface area contributed by atoms with E-state index in [-0.39, 0.29) is 17.7 Å². The average Bonchev–Trinajstić information content (AvgIpc) is 3.30. The lowest BCUT2D eigenvalue weighted by atomic mass is 9.95. The Bertz CT molecular complexity index is 929. The molecule has 1 N–H and O–H groups in total. The molecule has 0 unspecified atom stereocenters. The third-order valence-electron chi connectivity index (χ3n) is 6.22. The Labute approximate surface area is 178 Å². The average molecular weight is 407 g/mol. The Kier molecular flexibility index (Phi) is 6.02. The summed E-state index contributed by atoms with van der Waals surface area (Å²) in [4.78, 5) is 34.0. The van der Waals surface area contributed by atoms with Crippen LogP contribution in [0.3, 0.4) is 0 Å². The summed E-state index contributed by atoms with van der Waals surface area (Å²) in [6.45, 7) is 7.29. The number of rotatable bonds is 4. The number of aromatic nitrogens is 1. The first-order valence-corrected chi connectivity index (χ1v) is 10.9. The molecule has 2 amide bonds. The van der Waals surface area contributed by atoms with Crippen LogP contribution in [0.25, 0.3) is 0 Å². The Balaban J connectivity index is 1.35. The van der Waals surface area contributed by atoms with Crippen molar-refractivity contribution in [2.24, 2.45) is 5.92 Å². The van der Waals surface area contributed by atoms with Crippen molar-refractivity contribution in [2.45, 2.75) is 39.5 Å². The number of amides is 2. The normalized spacial score (nSPS) is 17.3. The molecule has 2 fully saturated rings. The van der Waals surface area contributed by atoms with Gasteiger partial charge in [-0.25, -0.2) is 4.98 Å². The van der Waals surface area contributed by atoms with Crippen LogP contribution in [-0.4, -0.2) is 47.9 Å². The van der Waals surface area contributed by atoms with Crippen LogP contribution >= 0.6 is 0 Å². The van der Waals surface area contributed by atoms with E-state index in [1.807, 2.05) is 30.0 Å². The molecule has 2 aliphatic rings. The van der Waals surface area contributed by atoms with E-state index in [0.29, 0.717) is 5.56 Å². The molecule has 1 aromatic carbocycles. The van der Waals surface area contributed by atoms with Crippen LogP contribution in [0.15, 0.2) is 36.5 Å². The van der Waals surface area contributed by atoms with Crippen molar-refractivity contribution in [3.05, 3.63) is 53.2 Å². The fraction of sp³-hybridized carbons (Fsp3) is 0.458. The molecule has 30 heavy (non-hydrogen) atoms. The summed E-state index contributed by atoms with van der Waals surface area (Å²) >= 11 is 0. The first-order valence-electron chi connectivity index (χ1n) is 10.9. The molecule has 0 spiro atoms. The molecule has 6 heteroatoms. The van der Waals surface area contributed by atoms with Crippen LogP contribution < -0.4 is 10.2 Å². The van der Waals surface area contributed by atoms with Crippen molar-refractivity contribution >= 4 is 23.3 Å². The number of anilines is 2. The van der Waals surface area contributed by atoms with E-state index in [1.165, 1.54) is 5.56 Å². The second-order valence-electron chi connectivity index (χ2n) is 8.47. The molecule has 3 heterocycles. The SMILES string of the molecule is Cc1ccc(NC(=O)C2CCN(c3cc(C(=O)N4CCCC4)ccn3)CC2)c(C)c1. The number of benzene rings is 1. The number of nitrogens with one attached hydrogen (secondary N) is 1. The summed E-state index contributed by atoms with van der Waals surface area (Å²) < 4.78 is 0. The number of pyridine rings is 1. The minimum atomic E-state index is -0.00336. The van der Waals surface area contributed by atoms with Gasteiger partial charge in [-0.2, -0.15) is 0 Å². The minimum absolute atomic E-state index is 0.00336. The quantitative estimate of drug-likeness (QED) is 0.839. The maximum Gasteiger partial charge on any atom is 0.254 e. The standard InChI is InChI=1S/C24H30N4O2/c1-17-5-6-21(18(2)15-17)26-23(29)19-8-13-27(14-9-19)22-16-20(7-10-25-22)24(30)28-11-3-4-12-28/h5-7,10,15-16,19H,3-4,8-9,11-14H2,1-2H3,(H,26,29). The number of carbonyl (C=O) groups is 2. The second kappa shape index (κ2) is 8.86. The second-order valence-corrected chi connectivity index (χ2v) is 8.47. The largest absolute Gasteiger partial charge is 0.357 e. The highest BCUT2D eigenvalue weighted by molar-refractivity contribution is 5.95. The van der Waals surface area contributed by atoms with Gasteiger partial charge in [-0.1, -0.05) is 17.7 Å². The molecule has 0 bridgehead atoms. The van der Waals surface area contributed by atoms with Crippen molar-refractivity contribution < 1.29 is 9.59 Å². The van der Waals surface area contributed by atoms with Crippen LogP contribution in [0.4, 0.5) is 11.5 Å². The Hall–Kier alpha value is -2.89. The predicted molar refractivity (Wildman–Crippen MR) is 119 cm³/mol. The van der Waals surface area contributed by atoms with E-state index in [1.54, 1.807) is 12.3 Å². The van der Waals surface area contributed by atoms with Crippen LogP contribution in [0, 0.1) is 19.8 Å². The van der Waals surface area contributed by atoms with Crippen molar-refractivity contribution in [1.82, 2.24) is 9.88 Å². The zero-order chi connectivity index (χ0) is 21.1. The lowest BCUT2D eigenvalue weighted by Gasteiger charge is -2.32. The highest BCUT2D eigenvalue weighted by Gasteiger charge is 2.27. The molecular formula is C24H30N4O2. The van der Waals surface area contributed by atoms with E-state index < -0.39 is 0 Å². The maximum absolute atomic E-state index is 12.7. The van der Waals surface area contributed by atoms with E-state index in [4.69, 9.17) is 0 Å². The highest BCUT2D eigenvalue weighted by Crippen LogP contribution is 2.25. The minimum Gasteiger partial charge on any atom is -0.357 e. The zero-order valence-corrected chi connectivity index (χ0v) is 17.9. The van der Waals surface area contributed by atoms with Crippen molar-refractivity contribution in [2.75, 3.05) is 36.4 Å². The molecule has 0 atom stereocenters. The van der Waals surface area contributed by atoms with Crippen molar-refractivity contribution in [1.29, 1.82) is 0 Å². The fourth-order valence-electron chi connectivity index (χ4n) is 4.39. The number of nitrogens with zero attached hydrogens (tertiary/aromatic N) is 3. The van der Waals surface area contributed by atoms with Gasteiger partial charge in [0.2, 0.25) is 5.91 Å². The Morgan fingerprint density at radius 2 is 1.73 bits per heavy atom. The molecule has 0 radical (unpaired) electrons. The van der Waals surface area contributed by atoms with Gasteiger partial charge in [0.05, 0.1) is 0 Å². The molecule has 1 aromatic heterocycles. The van der Waals surface area contributed by atoms with Crippen molar-refractivity contribution in [3.63, 3.8) is 0 Å². The summed E-state index contributed by atoms with van der Waals surface area (Å²) in [5.41, 5.74) is 3.88. The van der Waals surface area contributed by atoms with Gasteiger partial charge in [0.25, 0.3) is 5.91 Å².